The molecular formula is C14H16N2O3S. The lowest BCUT2D eigenvalue weighted by atomic mass is 9.95. The number of aromatic amines is 1. The number of fused-ring (bicyclic) bond motifs is 1. The molecule has 0 radical (unpaired) electrons. The molecule has 2 aromatic heterocycles. The summed E-state index contributed by atoms with van der Waals surface area (Å²) in [6.45, 7) is 0. The van der Waals surface area contributed by atoms with Crippen LogP contribution in [0.3, 0.4) is 0 Å². The third-order valence-electron chi connectivity index (χ3n) is 3.80. The van der Waals surface area contributed by atoms with Crippen LogP contribution in [0.15, 0.2) is 15.6 Å². The highest BCUT2D eigenvalue weighted by Gasteiger charge is 2.23. The van der Waals surface area contributed by atoms with Crippen molar-refractivity contribution in [3.8, 4) is 5.75 Å². The maximum Gasteiger partial charge on any atom is 0.265 e. The second-order valence-corrected chi connectivity index (χ2v) is 5.93. The highest BCUT2D eigenvalue weighted by molar-refractivity contribution is 7.09. The molecule has 1 aliphatic carbocycles. The molecule has 6 heteroatoms. The van der Waals surface area contributed by atoms with Crippen molar-refractivity contribution in [2.45, 2.75) is 38.1 Å². The number of aromatic hydroxyl groups is 1. The Morgan fingerprint density at radius 1 is 1.30 bits per heavy atom. The van der Waals surface area contributed by atoms with Crippen molar-refractivity contribution in [1.29, 1.82) is 0 Å². The molecule has 3 rings (SSSR count). The Hall–Kier alpha value is -1.82. The number of carbonyl (C=O) groups excluding carboxylic acids is 1. The largest absolute Gasteiger partial charge is 0.506 e. The van der Waals surface area contributed by atoms with Crippen LogP contribution in [0.2, 0.25) is 0 Å². The predicted octanol–water partition coefficient (Wildman–Crippen LogP) is 2.36. The van der Waals surface area contributed by atoms with Crippen LogP contribution in [0.5, 0.6) is 5.75 Å². The fraction of sp³-hybridized carbons (Fsp3) is 0.429. The molecule has 1 aliphatic rings. The van der Waals surface area contributed by atoms with Gasteiger partial charge in [-0.1, -0.05) is 19.3 Å². The van der Waals surface area contributed by atoms with Crippen molar-refractivity contribution in [3.05, 3.63) is 26.7 Å². The maximum absolute atomic E-state index is 12.2. The third-order valence-corrected chi connectivity index (χ3v) is 4.54. The summed E-state index contributed by atoms with van der Waals surface area (Å²) >= 11 is 1.37. The topological polar surface area (TPSA) is 82.2 Å². The Balaban J connectivity index is 1.92. The second-order valence-electron chi connectivity index (χ2n) is 5.19. The van der Waals surface area contributed by atoms with Crippen LogP contribution < -0.4 is 10.9 Å². The monoisotopic (exact) mass is 292 g/mol. The SMILES string of the molecule is O=C(NC1CCCCC1)c1c(O)c2cscc2[nH]c1=O. The number of H-pyrrole nitrogens is 1. The van der Waals surface area contributed by atoms with E-state index in [2.05, 4.69) is 10.3 Å². The minimum Gasteiger partial charge on any atom is -0.506 e. The van der Waals surface area contributed by atoms with E-state index in [4.69, 9.17) is 0 Å². The molecule has 3 N–H and O–H groups in total. The van der Waals surface area contributed by atoms with Crippen molar-refractivity contribution in [2.75, 3.05) is 0 Å². The summed E-state index contributed by atoms with van der Waals surface area (Å²) in [7, 11) is 0. The van der Waals surface area contributed by atoms with E-state index in [1.54, 1.807) is 10.8 Å². The van der Waals surface area contributed by atoms with E-state index >= 15 is 0 Å². The van der Waals surface area contributed by atoms with Gasteiger partial charge in [0.1, 0.15) is 11.3 Å². The average molecular weight is 292 g/mol. The van der Waals surface area contributed by atoms with E-state index in [0.717, 1.165) is 25.7 Å². The molecule has 0 bridgehead atoms. The Kier molecular flexibility index (Phi) is 3.48. The first kappa shape index (κ1) is 13.2. The van der Waals surface area contributed by atoms with E-state index in [9.17, 15) is 14.7 Å². The fourth-order valence-electron chi connectivity index (χ4n) is 2.72. The molecule has 1 fully saturated rings. The van der Waals surface area contributed by atoms with Gasteiger partial charge in [0.25, 0.3) is 11.5 Å². The highest BCUT2D eigenvalue weighted by Crippen LogP contribution is 2.28. The van der Waals surface area contributed by atoms with Gasteiger partial charge in [-0.15, -0.1) is 11.3 Å². The molecule has 0 aromatic carbocycles. The van der Waals surface area contributed by atoms with Crippen LogP contribution in [0.4, 0.5) is 0 Å². The van der Waals surface area contributed by atoms with Gasteiger partial charge in [0.05, 0.1) is 10.9 Å². The number of carbonyl (C=O) groups is 1. The molecule has 5 nitrogen and oxygen atoms in total. The van der Waals surface area contributed by atoms with E-state index in [0.29, 0.717) is 10.9 Å². The molecule has 2 heterocycles. The number of aromatic nitrogens is 1. The quantitative estimate of drug-likeness (QED) is 0.794. The Labute approximate surface area is 119 Å². The van der Waals surface area contributed by atoms with Gasteiger partial charge in [0, 0.05) is 16.8 Å². The van der Waals surface area contributed by atoms with Gasteiger partial charge in [-0.25, -0.2) is 0 Å². The van der Waals surface area contributed by atoms with Gasteiger partial charge < -0.3 is 15.4 Å². The van der Waals surface area contributed by atoms with Crippen molar-refractivity contribution < 1.29 is 9.90 Å². The van der Waals surface area contributed by atoms with E-state index in [1.165, 1.54) is 17.8 Å². The fourth-order valence-corrected chi connectivity index (χ4v) is 3.48. The molecule has 2 aromatic rings. The third kappa shape index (κ3) is 2.31. The summed E-state index contributed by atoms with van der Waals surface area (Å²) in [5, 5.41) is 17.0. The average Bonchev–Trinajstić information content (AvgIpc) is 2.88. The van der Waals surface area contributed by atoms with Crippen molar-refractivity contribution in [2.24, 2.45) is 0 Å². The number of hydrogen-bond acceptors (Lipinski definition) is 4. The summed E-state index contributed by atoms with van der Waals surface area (Å²) in [6.07, 6.45) is 5.25. The van der Waals surface area contributed by atoms with Crippen LogP contribution in [-0.4, -0.2) is 22.0 Å². The molecule has 0 unspecified atom stereocenters. The maximum atomic E-state index is 12.2. The Bertz CT molecular complexity index is 698. The number of amides is 1. The van der Waals surface area contributed by atoms with Crippen LogP contribution >= 0.6 is 11.3 Å². The van der Waals surface area contributed by atoms with E-state index in [-0.39, 0.29) is 17.4 Å². The minimum atomic E-state index is -0.540. The highest BCUT2D eigenvalue weighted by atomic mass is 32.1. The molecule has 0 saturated heterocycles. The normalized spacial score (nSPS) is 16.4. The van der Waals surface area contributed by atoms with Gasteiger partial charge >= 0.3 is 0 Å². The molecule has 0 atom stereocenters. The van der Waals surface area contributed by atoms with Crippen LogP contribution in [0.25, 0.3) is 10.9 Å². The summed E-state index contributed by atoms with van der Waals surface area (Å²) in [6, 6.07) is 0.105. The number of nitrogens with one attached hydrogen (secondary N) is 2. The summed E-state index contributed by atoms with van der Waals surface area (Å²) in [5.41, 5.74) is -0.158. The number of pyridine rings is 1. The molecule has 1 amide bonds. The molecule has 1 saturated carbocycles. The minimum absolute atomic E-state index is 0.105. The Morgan fingerprint density at radius 3 is 2.80 bits per heavy atom. The lowest BCUT2D eigenvalue weighted by molar-refractivity contribution is 0.0923. The zero-order valence-corrected chi connectivity index (χ0v) is 11.8. The van der Waals surface area contributed by atoms with Gasteiger partial charge in [-0.3, -0.25) is 9.59 Å². The van der Waals surface area contributed by atoms with Gasteiger partial charge in [-0.2, -0.15) is 0 Å². The number of thiophene rings is 1. The number of rotatable bonds is 2. The lowest BCUT2D eigenvalue weighted by Crippen LogP contribution is -2.38. The zero-order valence-electron chi connectivity index (χ0n) is 10.9. The molecule has 106 valence electrons. The van der Waals surface area contributed by atoms with Gasteiger partial charge in [0.15, 0.2) is 0 Å². The molecule has 20 heavy (non-hydrogen) atoms. The number of hydrogen-bond donors (Lipinski definition) is 3. The predicted molar refractivity (Wildman–Crippen MR) is 78.4 cm³/mol. The first-order valence-corrected chi connectivity index (χ1v) is 7.73. The summed E-state index contributed by atoms with van der Waals surface area (Å²) in [5.74, 6) is -0.706. The van der Waals surface area contributed by atoms with Crippen LogP contribution in [0, 0.1) is 0 Å². The molecular weight excluding hydrogens is 276 g/mol. The van der Waals surface area contributed by atoms with Crippen LogP contribution in [-0.2, 0) is 0 Å². The van der Waals surface area contributed by atoms with Crippen molar-refractivity contribution in [3.63, 3.8) is 0 Å². The summed E-state index contributed by atoms with van der Waals surface area (Å²) < 4.78 is 0. The summed E-state index contributed by atoms with van der Waals surface area (Å²) in [4.78, 5) is 26.8. The van der Waals surface area contributed by atoms with E-state index in [1.807, 2.05) is 0 Å². The first-order chi connectivity index (χ1) is 9.66. The van der Waals surface area contributed by atoms with Crippen molar-refractivity contribution in [1.82, 2.24) is 10.3 Å². The van der Waals surface area contributed by atoms with Crippen molar-refractivity contribution >= 4 is 28.1 Å². The second kappa shape index (κ2) is 5.28. The lowest BCUT2D eigenvalue weighted by Gasteiger charge is -2.22. The van der Waals surface area contributed by atoms with Gasteiger partial charge in [-0.05, 0) is 12.8 Å². The molecule has 0 spiro atoms. The first-order valence-electron chi connectivity index (χ1n) is 6.79. The standard InChI is InChI=1S/C14H16N2O3S/c17-12-9-6-20-7-10(9)16-14(19)11(12)13(18)15-8-4-2-1-3-5-8/h6-8,17H,1-5H2,(H,15,18)(H,16,19). The Morgan fingerprint density at radius 2 is 2.05 bits per heavy atom. The molecule has 0 aliphatic heterocycles. The smallest absolute Gasteiger partial charge is 0.265 e. The zero-order chi connectivity index (χ0) is 14.1. The van der Waals surface area contributed by atoms with Gasteiger partial charge in [0.2, 0.25) is 0 Å². The van der Waals surface area contributed by atoms with Crippen LogP contribution in [0.1, 0.15) is 42.5 Å². The van der Waals surface area contributed by atoms with E-state index < -0.39 is 11.5 Å².